The fourth-order valence-electron chi connectivity index (χ4n) is 3.08. The molecule has 0 aromatic rings. The van der Waals surface area contributed by atoms with Gasteiger partial charge in [-0.2, -0.15) is 0 Å². The van der Waals surface area contributed by atoms with Gasteiger partial charge in [-0.05, 0) is 49.3 Å². The van der Waals surface area contributed by atoms with Crippen molar-refractivity contribution in [2.75, 3.05) is 32.9 Å². The van der Waals surface area contributed by atoms with Crippen LogP contribution in [0.25, 0.3) is 0 Å². The average Bonchev–Trinajstić information content (AvgIpc) is 2.65. The first-order chi connectivity index (χ1) is 13.7. The zero-order valence-corrected chi connectivity index (χ0v) is 18.9. The van der Waals surface area contributed by atoms with Gasteiger partial charge in [0.2, 0.25) is 0 Å². The van der Waals surface area contributed by atoms with Gasteiger partial charge in [-0.3, -0.25) is 10.2 Å². The lowest BCUT2D eigenvalue weighted by Gasteiger charge is -2.34. The second-order valence-electron chi connectivity index (χ2n) is 8.46. The van der Waals surface area contributed by atoms with E-state index in [0.717, 1.165) is 23.3 Å². The second-order valence-corrected chi connectivity index (χ2v) is 8.46. The van der Waals surface area contributed by atoms with Gasteiger partial charge in [-0.1, -0.05) is 34.3 Å². The molecule has 0 unspecified atom stereocenters. The summed E-state index contributed by atoms with van der Waals surface area (Å²) >= 11 is 0. The molecule has 0 aromatic heterocycles. The molecule has 0 saturated carbocycles. The number of allylic oxidation sites excluding steroid dienone is 3. The maximum Gasteiger partial charge on any atom is 0.282 e. The number of nitrogens with zero attached hydrogens (tertiary/aromatic N) is 2. The Morgan fingerprint density at radius 2 is 1.93 bits per heavy atom. The van der Waals surface area contributed by atoms with E-state index in [1.807, 2.05) is 36.0 Å². The van der Waals surface area contributed by atoms with Gasteiger partial charge >= 0.3 is 0 Å². The van der Waals surface area contributed by atoms with E-state index in [2.05, 4.69) is 39.7 Å². The molecule has 29 heavy (non-hydrogen) atoms. The van der Waals surface area contributed by atoms with E-state index in [9.17, 15) is 4.79 Å². The van der Waals surface area contributed by atoms with Crippen molar-refractivity contribution in [3.8, 4) is 0 Å². The van der Waals surface area contributed by atoms with Crippen LogP contribution in [0.1, 0.15) is 48.0 Å². The molecule has 2 aliphatic rings. The number of hydrazine groups is 1. The number of ether oxygens (including phenoxy) is 2. The van der Waals surface area contributed by atoms with Crippen LogP contribution in [0.3, 0.4) is 0 Å². The van der Waals surface area contributed by atoms with Crippen LogP contribution < -0.4 is 5.43 Å². The highest BCUT2D eigenvalue weighted by atomic mass is 16.5. The fraction of sp³-hybridized carbons (Fsp3) is 0.609. The molecule has 2 heterocycles. The predicted molar refractivity (Wildman–Crippen MR) is 116 cm³/mol. The molecular weight excluding hydrogens is 366 g/mol. The van der Waals surface area contributed by atoms with E-state index in [1.54, 1.807) is 0 Å². The molecular formula is C23H37N3O3. The summed E-state index contributed by atoms with van der Waals surface area (Å²) in [5.74, 6) is 1.38. The van der Waals surface area contributed by atoms with Gasteiger partial charge in [0.05, 0.1) is 25.5 Å². The van der Waals surface area contributed by atoms with E-state index in [0.29, 0.717) is 50.2 Å². The number of morpholine rings is 1. The minimum Gasteiger partial charge on any atom is -0.491 e. The van der Waals surface area contributed by atoms with Gasteiger partial charge < -0.3 is 14.4 Å². The zero-order chi connectivity index (χ0) is 21.6. The predicted octanol–water partition coefficient (Wildman–Crippen LogP) is 3.96. The Morgan fingerprint density at radius 3 is 2.52 bits per heavy atom. The van der Waals surface area contributed by atoms with Crippen LogP contribution in [0, 0.1) is 11.8 Å². The summed E-state index contributed by atoms with van der Waals surface area (Å²) in [6.07, 6.45) is 4.91. The molecule has 0 radical (unpaired) electrons. The molecule has 0 aromatic carbocycles. The van der Waals surface area contributed by atoms with Crippen molar-refractivity contribution in [2.24, 2.45) is 11.8 Å². The van der Waals surface area contributed by atoms with Crippen molar-refractivity contribution < 1.29 is 14.3 Å². The van der Waals surface area contributed by atoms with Crippen LogP contribution in [0.5, 0.6) is 0 Å². The molecule has 0 atom stereocenters. The highest BCUT2D eigenvalue weighted by Gasteiger charge is 2.28. The van der Waals surface area contributed by atoms with Gasteiger partial charge in [0.15, 0.2) is 0 Å². The Morgan fingerprint density at radius 1 is 1.28 bits per heavy atom. The minimum absolute atomic E-state index is 0.133. The highest BCUT2D eigenvalue weighted by molar-refractivity contribution is 5.94. The Hall–Kier alpha value is -2.05. The first kappa shape index (κ1) is 23.2. The van der Waals surface area contributed by atoms with Gasteiger partial charge in [0.25, 0.3) is 5.91 Å². The lowest BCUT2D eigenvalue weighted by Crippen LogP contribution is -2.50. The van der Waals surface area contributed by atoms with Crippen molar-refractivity contribution >= 4 is 5.91 Å². The third-order valence-electron chi connectivity index (χ3n) is 5.19. The summed E-state index contributed by atoms with van der Waals surface area (Å²) in [5.41, 5.74) is 6.36. The molecule has 0 spiro atoms. The Labute approximate surface area is 175 Å². The van der Waals surface area contributed by atoms with E-state index >= 15 is 0 Å². The smallest absolute Gasteiger partial charge is 0.282 e. The molecule has 2 rings (SSSR count). The van der Waals surface area contributed by atoms with Gasteiger partial charge in [0, 0.05) is 19.3 Å². The fourth-order valence-corrected chi connectivity index (χ4v) is 3.08. The van der Waals surface area contributed by atoms with E-state index in [1.165, 1.54) is 0 Å². The van der Waals surface area contributed by atoms with E-state index in [4.69, 9.17) is 9.47 Å². The summed E-state index contributed by atoms with van der Waals surface area (Å²) in [7, 11) is 0. The topological polar surface area (TPSA) is 54.0 Å². The van der Waals surface area contributed by atoms with Gasteiger partial charge in [0.1, 0.15) is 11.5 Å². The molecule has 162 valence electrons. The number of rotatable bonds is 8. The van der Waals surface area contributed by atoms with Crippen molar-refractivity contribution in [1.82, 2.24) is 15.3 Å². The maximum absolute atomic E-state index is 13.3. The van der Waals surface area contributed by atoms with Crippen molar-refractivity contribution in [3.63, 3.8) is 0 Å². The summed E-state index contributed by atoms with van der Waals surface area (Å²) in [5, 5.41) is 1.92. The Kier molecular flexibility index (Phi) is 8.53. The maximum atomic E-state index is 13.3. The number of hydrogen-bond acceptors (Lipinski definition) is 5. The van der Waals surface area contributed by atoms with Crippen LogP contribution in [0.15, 0.2) is 47.2 Å². The van der Waals surface area contributed by atoms with Crippen molar-refractivity contribution in [3.05, 3.63) is 47.2 Å². The number of nitrogens with one attached hydrogen (secondary N) is 1. The Bertz CT molecular complexity index is 698. The lowest BCUT2D eigenvalue weighted by atomic mass is 10.0. The summed E-state index contributed by atoms with van der Waals surface area (Å²) < 4.78 is 11.4. The SMILES string of the molecule is C=C1C(OCCC(C)C)=CC(C)=CN1/C(C(=O)NN1CCOCC1)=C(/C)C(C)C. The van der Waals surface area contributed by atoms with Crippen LogP contribution >= 0.6 is 0 Å². The Balaban J connectivity index is 2.26. The molecule has 2 aliphatic heterocycles. The van der Waals surface area contributed by atoms with E-state index < -0.39 is 0 Å². The summed E-state index contributed by atoms with van der Waals surface area (Å²) in [4.78, 5) is 15.2. The van der Waals surface area contributed by atoms with Crippen molar-refractivity contribution in [2.45, 2.75) is 48.0 Å². The van der Waals surface area contributed by atoms with Gasteiger partial charge in [-0.25, -0.2) is 5.01 Å². The lowest BCUT2D eigenvalue weighted by molar-refractivity contribution is -0.125. The molecule has 1 amide bonds. The molecule has 0 bridgehead atoms. The van der Waals surface area contributed by atoms with Crippen LogP contribution in [0.4, 0.5) is 0 Å². The number of carbonyl (C=O) groups is 1. The number of hydrogen-bond donors (Lipinski definition) is 1. The first-order valence-corrected chi connectivity index (χ1v) is 10.6. The van der Waals surface area contributed by atoms with Crippen LogP contribution in [-0.4, -0.2) is 48.7 Å². The zero-order valence-electron chi connectivity index (χ0n) is 18.9. The number of carbonyl (C=O) groups excluding carboxylic acids is 1. The van der Waals surface area contributed by atoms with Gasteiger partial charge in [-0.15, -0.1) is 0 Å². The van der Waals surface area contributed by atoms with Crippen molar-refractivity contribution in [1.29, 1.82) is 0 Å². The second kappa shape index (κ2) is 10.6. The minimum atomic E-state index is -0.133. The highest BCUT2D eigenvalue weighted by Crippen LogP contribution is 2.30. The molecule has 6 nitrogen and oxygen atoms in total. The normalized spacial score (nSPS) is 19.2. The number of amides is 1. The quantitative estimate of drug-likeness (QED) is 0.622. The van der Waals surface area contributed by atoms with Crippen LogP contribution in [0.2, 0.25) is 0 Å². The van der Waals surface area contributed by atoms with E-state index in [-0.39, 0.29) is 11.8 Å². The standard InChI is InChI=1S/C23H37N3O3/c1-16(2)8-11-29-21-14-18(5)15-26(20(21)7)22(19(6)17(3)4)23(27)24-25-9-12-28-13-10-25/h14-17H,7-13H2,1-6H3,(H,24,27)/b22-19-. The third-order valence-corrected chi connectivity index (χ3v) is 5.19. The van der Waals surface area contributed by atoms with Crippen LogP contribution in [-0.2, 0) is 14.3 Å². The summed E-state index contributed by atoms with van der Waals surface area (Å²) in [6.45, 7) is 20.0. The molecule has 1 saturated heterocycles. The monoisotopic (exact) mass is 403 g/mol. The summed E-state index contributed by atoms with van der Waals surface area (Å²) in [6, 6.07) is 0. The third kappa shape index (κ3) is 6.47. The average molecular weight is 404 g/mol. The molecule has 1 fully saturated rings. The molecule has 1 N–H and O–H groups in total. The largest absolute Gasteiger partial charge is 0.491 e. The molecule has 0 aliphatic carbocycles. The first-order valence-electron chi connectivity index (χ1n) is 10.6. The molecule has 6 heteroatoms.